The van der Waals surface area contributed by atoms with Gasteiger partial charge in [-0.15, -0.1) is 0 Å². The number of benzene rings is 4. The Bertz CT molecular complexity index is 2860. The van der Waals surface area contributed by atoms with E-state index >= 15 is 0 Å². The molecule has 4 heterocycles. The van der Waals surface area contributed by atoms with Crippen LogP contribution in [0, 0.1) is 27.7 Å². The number of anilines is 2. The van der Waals surface area contributed by atoms with Gasteiger partial charge in [-0.05, 0) is 124 Å². The Labute approximate surface area is 372 Å². The number of para-hydroxylation sites is 2. The third-order valence-electron chi connectivity index (χ3n) is 11.3. The summed E-state index contributed by atoms with van der Waals surface area (Å²) in [6, 6.07) is 47.5. The number of rotatable bonds is 8. The number of hydrogen-bond acceptors (Lipinski definition) is 6. The molecule has 0 fully saturated rings. The Hall–Kier alpha value is -6.79. The minimum atomic E-state index is -5.17. The van der Waals surface area contributed by atoms with Crippen molar-refractivity contribution in [1.29, 1.82) is 0 Å². The molecule has 0 aliphatic rings. The Kier molecular flexibility index (Phi) is 14.2. The molecule has 63 heavy (non-hydrogen) atoms. The summed E-state index contributed by atoms with van der Waals surface area (Å²) in [6.45, 7) is 8.69. The normalized spacial score (nSPS) is 11.5. The van der Waals surface area contributed by atoms with Gasteiger partial charge in [0.25, 0.3) is 0 Å². The average Bonchev–Trinajstić information content (AvgIpc) is 3.70. The summed E-state index contributed by atoms with van der Waals surface area (Å²) in [7, 11) is 7.39. The fraction of sp³-hybridized carbons (Fsp3) is 0.192. The maximum absolute atomic E-state index is 8.52. The van der Waals surface area contributed by atoms with Gasteiger partial charge in [-0.25, -0.2) is 0 Å². The largest absolute Gasteiger partial charge is 0.759 e. The van der Waals surface area contributed by atoms with Crippen molar-refractivity contribution in [2.75, 3.05) is 38.0 Å². The molecule has 0 saturated carbocycles. The first-order valence-electron chi connectivity index (χ1n) is 20.6. The predicted octanol–water partition coefficient (Wildman–Crippen LogP) is 9.28. The highest BCUT2D eigenvalue weighted by molar-refractivity contribution is 7.79. The van der Waals surface area contributed by atoms with Crippen molar-refractivity contribution in [3.8, 4) is 11.4 Å². The van der Waals surface area contributed by atoms with E-state index in [4.69, 9.17) is 17.5 Å². The van der Waals surface area contributed by atoms with Gasteiger partial charge in [-0.1, -0.05) is 36.4 Å². The predicted molar refractivity (Wildman–Crippen MR) is 258 cm³/mol. The number of aromatic nitrogens is 4. The molecule has 0 aliphatic carbocycles. The molecule has 0 saturated heterocycles. The molecular formula is C52H56N6O4S. The molecular weight excluding hydrogens is 805 g/mol. The number of hydrogen-bond donors (Lipinski definition) is 0. The van der Waals surface area contributed by atoms with E-state index in [1.807, 2.05) is 0 Å². The highest BCUT2D eigenvalue weighted by Gasteiger charge is 2.14. The molecule has 8 rings (SSSR count). The van der Waals surface area contributed by atoms with Crippen molar-refractivity contribution < 1.29 is 26.7 Å². The van der Waals surface area contributed by atoms with Gasteiger partial charge >= 0.3 is 0 Å². The van der Waals surface area contributed by atoms with Crippen molar-refractivity contribution in [2.45, 2.75) is 27.7 Å². The number of pyridine rings is 2. The van der Waals surface area contributed by atoms with E-state index in [0.717, 1.165) is 0 Å². The van der Waals surface area contributed by atoms with E-state index in [1.54, 1.807) is 0 Å². The van der Waals surface area contributed by atoms with Gasteiger partial charge in [-0.2, -0.15) is 9.13 Å². The molecule has 324 valence electrons. The molecule has 4 aromatic heterocycles. The first-order valence-corrected chi connectivity index (χ1v) is 22.0. The minimum absolute atomic E-state index is 1.18. The Morgan fingerprint density at radius 1 is 0.492 bits per heavy atom. The SMILES string of the molecule is Cc1cc(C=Cc2ccc3cc(N(C)C)ccc3[n+]2C)c(C)n1-c1ccccc1.Cc1cc(C=Cc2ccc3cc(N(C)C)ccc3[n+]2C)c(C)n1-c1ccccc1.O=S(=O)([O-])[O-]. The Morgan fingerprint density at radius 2 is 0.841 bits per heavy atom. The van der Waals surface area contributed by atoms with E-state index in [9.17, 15) is 0 Å². The van der Waals surface area contributed by atoms with Crippen molar-refractivity contribution in [2.24, 2.45) is 14.1 Å². The van der Waals surface area contributed by atoms with Crippen LogP contribution >= 0.6 is 0 Å². The standard InChI is InChI=1S/2C26H28N3.H2O4S/c2*1-19-17-21(20(2)29(19)24-9-7-6-8-10-24)11-13-23-14-12-22-18-25(27(3)4)15-16-26(22)28(23)5;1-5(2,3)4/h2*6-18H,1-5H3;(H2,1,2,3,4)/q2*+1;/p-2. The Balaban J connectivity index is 0.000000190. The first kappa shape index (κ1) is 45.7. The molecule has 8 aromatic rings. The van der Waals surface area contributed by atoms with Crippen LogP contribution in [0.2, 0.25) is 0 Å². The Morgan fingerprint density at radius 3 is 1.17 bits per heavy atom. The summed E-state index contributed by atoms with van der Waals surface area (Å²) in [4.78, 5) is 4.27. The molecule has 0 bridgehead atoms. The number of aryl methyl sites for hydroxylation is 4. The lowest BCUT2D eigenvalue weighted by Crippen LogP contribution is -2.32. The molecule has 11 heteroatoms. The third kappa shape index (κ3) is 11.0. The second-order valence-electron chi connectivity index (χ2n) is 16.0. The summed E-state index contributed by atoms with van der Waals surface area (Å²) >= 11 is 0. The lowest BCUT2D eigenvalue weighted by atomic mass is 10.1. The quantitative estimate of drug-likeness (QED) is 0.0858. The van der Waals surface area contributed by atoms with Crippen LogP contribution in [-0.4, -0.2) is 54.8 Å². The molecule has 10 nitrogen and oxygen atoms in total. The summed E-state index contributed by atoms with van der Waals surface area (Å²) in [5, 5.41) is 2.50. The van der Waals surface area contributed by atoms with Crippen LogP contribution in [0.25, 0.3) is 57.5 Å². The maximum atomic E-state index is 8.52. The van der Waals surface area contributed by atoms with Crippen LogP contribution in [0.3, 0.4) is 0 Å². The molecule has 0 unspecified atom stereocenters. The van der Waals surface area contributed by atoms with Gasteiger partial charge in [0.05, 0.1) is 0 Å². The minimum Gasteiger partial charge on any atom is -0.759 e. The third-order valence-corrected chi connectivity index (χ3v) is 11.3. The van der Waals surface area contributed by atoms with Gasteiger partial charge in [-0.3, -0.25) is 8.42 Å². The summed E-state index contributed by atoms with van der Waals surface area (Å²) in [6.07, 6.45) is 8.85. The van der Waals surface area contributed by atoms with Crippen LogP contribution in [-0.2, 0) is 24.5 Å². The number of fused-ring (bicyclic) bond motifs is 2. The van der Waals surface area contributed by atoms with Crippen molar-refractivity contribution in [3.05, 3.63) is 179 Å². The zero-order chi connectivity index (χ0) is 45.6. The van der Waals surface area contributed by atoms with Gasteiger partial charge in [0.1, 0.15) is 14.1 Å². The van der Waals surface area contributed by atoms with Crippen molar-refractivity contribution in [1.82, 2.24) is 9.13 Å². The van der Waals surface area contributed by atoms with Crippen molar-refractivity contribution in [3.63, 3.8) is 0 Å². The highest BCUT2D eigenvalue weighted by Crippen LogP contribution is 2.25. The van der Waals surface area contributed by atoms with Gasteiger partial charge in [0, 0.05) is 131 Å². The molecule has 4 aromatic carbocycles. The van der Waals surface area contributed by atoms with Crippen LogP contribution in [0.4, 0.5) is 11.4 Å². The molecule has 0 aliphatic heterocycles. The average molecular weight is 861 g/mol. The number of nitrogens with zero attached hydrogens (tertiary/aromatic N) is 6. The fourth-order valence-electron chi connectivity index (χ4n) is 7.92. The van der Waals surface area contributed by atoms with Crippen LogP contribution in [0.15, 0.2) is 133 Å². The second kappa shape index (κ2) is 19.5. The summed E-state index contributed by atoms with van der Waals surface area (Å²) in [5.74, 6) is 0. The smallest absolute Gasteiger partial charge is 0.212 e. The van der Waals surface area contributed by atoms with E-state index in [1.165, 1.54) is 89.8 Å². The molecule has 0 radical (unpaired) electrons. The second-order valence-corrected chi connectivity index (χ2v) is 16.8. The maximum Gasteiger partial charge on any atom is 0.212 e. The lowest BCUT2D eigenvalue weighted by molar-refractivity contribution is -0.646. The van der Waals surface area contributed by atoms with Crippen LogP contribution < -0.4 is 18.9 Å². The van der Waals surface area contributed by atoms with E-state index in [2.05, 4.69) is 256 Å². The van der Waals surface area contributed by atoms with Gasteiger partial charge in [0.2, 0.25) is 22.4 Å². The molecule has 0 spiro atoms. The van der Waals surface area contributed by atoms with Gasteiger partial charge < -0.3 is 28.0 Å². The van der Waals surface area contributed by atoms with E-state index in [-0.39, 0.29) is 0 Å². The van der Waals surface area contributed by atoms with E-state index in [0.29, 0.717) is 0 Å². The summed E-state index contributed by atoms with van der Waals surface area (Å²) in [5.41, 5.74) is 17.1. The van der Waals surface area contributed by atoms with Crippen LogP contribution in [0.5, 0.6) is 0 Å². The topological polar surface area (TPSA) is 104 Å². The van der Waals surface area contributed by atoms with Crippen molar-refractivity contribution >= 4 is 67.9 Å². The molecule has 0 N–H and O–H groups in total. The van der Waals surface area contributed by atoms with Crippen LogP contribution in [0.1, 0.15) is 45.3 Å². The first-order chi connectivity index (χ1) is 29.9. The fourth-order valence-corrected chi connectivity index (χ4v) is 7.92. The zero-order valence-electron chi connectivity index (χ0n) is 37.7. The van der Waals surface area contributed by atoms with Gasteiger partial charge in [0.15, 0.2) is 0 Å². The molecule has 0 amide bonds. The van der Waals surface area contributed by atoms with E-state index < -0.39 is 10.4 Å². The monoisotopic (exact) mass is 860 g/mol. The molecule has 0 atom stereocenters. The lowest BCUT2D eigenvalue weighted by Gasteiger charge is -2.12. The zero-order valence-corrected chi connectivity index (χ0v) is 38.6. The summed E-state index contributed by atoms with van der Waals surface area (Å²) < 4.78 is 43.2. The highest BCUT2D eigenvalue weighted by atomic mass is 32.3.